The quantitative estimate of drug-likeness (QED) is 0.844. The second-order valence-electron chi connectivity index (χ2n) is 7.92. The van der Waals surface area contributed by atoms with Gasteiger partial charge in [0, 0.05) is 25.2 Å². The van der Waals surface area contributed by atoms with E-state index >= 15 is 0 Å². The van der Waals surface area contributed by atoms with Gasteiger partial charge in [0.2, 0.25) is 0 Å². The van der Waals surface area contributed by atoms with E-state index in [-0.39, 0.29) is 11.5 Å². The Morgan fingerprint density at radius 2 is 1.48 bits per heavy atom. The highest BCUT2D eigenvalue weighted by Gasteiger charge is 2.18. The third-order valence-corrected chi connectivity index (χ3v) is 3.97. The summed E-state index contributed by atoms with van der Waals surface area (Å²) < 4.78 is 0. The van der Waals surface area contributed by atoms with Crippen molar-refractivity contribution in [1.82, 2.24) is 4.90 Å². The summed E-state index contributed by atoms with van der Waals surface area (Å²) in [6.45, 7) is 17.8. The molecular formula is C19H34N2. The Morgan fingerprint density at radius 3 is 1.86 bits per heavy atom. The van der Waals surface area contributed by atoms with Crippen LogP contribution in [0.1, 0.15) is 65.6 Å². The number of rotatable bonds is 6. The van der Waals surface area contributed by atoms with E-state index in [1.807, 2.05) is 0 Å². The van der Waals surface area contributed by atoms with Crippen molar-refractivity contribution in [2.75, 3.05) is 13.1 Å². The second kappa shape index (κ2) is 7.42. The average Bonchev–Trinajstić information content (AvgIpc) is 2.36. The highest BCUT2D eigenvalue weighted by molar-refractivity contribution is 5.29. The van der Waals surface area contributed by atoms with Crippen LogP contribution in [-0.2, 0) is 5.41 Å². The number of benzene rings is 1. The molecule has 0 heterocycles. The molecule has 0 bridgehead atoms. The van der Waals surface area contributed by atoms with E-state index in [1.165, 1.54) is 11.1 Å². The van der Waals surface area contributed by atoms with Gasteiger partial charge in [-0.2, -0.15) is 0 Å². The molecule has 0 spiro atoms. The van der Waals surface area contributed by atoms with Crippen molar-refractivity contribution >= 4 is 0 Å². The second-order valence-corrected chi connectivity index (χ2v) is 7.92. The summed E-state index contributed by atoms with van der Waals surface area (Å²) in [7, 11) is 0. The molecule has 0 saturated carbocycles. The summed E-state index contributed by atoms with van der Waals surface area (Å²) in [5, 5.41) is 0. The fraction of sp³-hybridized carbons (Fsp3) is 0.684. The minimum Gasteiger partial charge on any atom is -0.323 e. The maximum Gasteiger partial charge on any atom is 0.0424 e. The van der Waals surface area contributed by atoms with Crippen LogP contribution in [0.2, 0.25) is 0 Å². The number of nitrogens with two attached hydrogens (primary N) is 1. The first-order valence-electron chi connectivity index (χ1n) is 8.21. The van der Waals surface area contributed by atoms with Crippen molar-refractivity contribution in [3.63, 3.8) is 0 Å². The lowest BCUT2D eigenvalue weighted by Crippen LogP contribution is -2.39. The first-order chi connectivity index (χ1) is 9.61. The molecule has 0 amide bonds. The molecule has 1 atom stereocenters. The fourth-order valence-electron chi connectivity index (χ4n) is 2.55. The maximum absolute atomic E-state index is 6.43. The van der Waals surface area contributed by atoms with Crippen LogP contribution < -0.4 is 5.73 Å². The topological polar surface area (TPSA) is 29.3 Å². The van der Waals surface area contributed by atoms with Crippen LogP contribution >= 0.6 is 0 Å². The zero-order valence-electron chi connectivity index (χ0n) is 15.0. The zero-order chi connectivity index (χ0) is 16.2. The maximum atomic E-state index is 6.43. The van der Waals surface area contributed by atoms with E-state index in [0.717, 1.165) is 13.1 Å². The van der Waals surface area contributed by atoms with Crippen LogP contribution in [0.15, 0.2) is 24.3 Å². The molecule has 0 aliphatic carbocycles. The molecule has 2 heteroatoms. The normalized spacial score (nSPS) is 14.2. The first kappa shape index (κ1) is 18.2. The Labute approximate surface area is 131 Å². The van der Waals surface area contributed by atoms with E-state index < -0.39 is 0 Å². The molecule has 2 nitrogen and oxygen atoms in total. The van der Waals surface area contributed by atoms with Gasteiger partial charge in [-0.3, -0.25) is 4.90 Å². The molecule has 0 radical (unpaired) electrons. The Morgan fingerprint density at radius 1 is 0.952 bits per heavy atom. The van der Waals surface area contributed by atoms with Crippen molar-refractivity contribution < 1.29 is 0 Å². The van der Waals surface area contributed by atoms with Crippen molar-refractivity contribution in [1.29, 1.82) is 0 Å². The smallest absolute Gasteiger partial charge is 0.0424 e. The summed E-state index contributed by atoms with van der Waals surface area (Å²) in [6.07, 6.45) is 0. The van der Waals surface area contributed by atoms with Gasteiger partial charge in [-0.15, -0.1) is 0 Å². The van der Waals surface area contributed by atoms with Gasteiger partial charge in [0.1, 0.15) is 0 Å². The largest absolute Gasteiger partial charge is 0.323 e. The number of hydrogen-bond acceptors (Lipinski definition) is 2. The van der Waals surface area contributed by atoms with Gasteiger partial charge in [-0.05, 0) is 36.3 Å². The minimum atomic E-state index is 0.0835. The minimum absolute atomic E-state index is 0.0835. The van der Waals surface area contributed by atoms with Gasteiger partial charge >= 0.3 is 0 Å². The molecule has 1 unspecified atom stereocenters. The van der Waals surface area contributed by atoms with Crippen molar-refractivity contribution in [3.8, 4) is 0 Å². The van der Waals surface area contributed by atoms with Crippen molar-refractivity contribution in [2.24, 2.45) is 11.7 Å². The Kier molecular flexibility index (Phi) is 6.42. The van der Waals surface area contributed by atoms with E-state index in [4.69, 9.17) is 5.73 Å². The van der Waals surface area contributed by atoms with Crippen LogP contribution in [0.4, 0.5) is 0 Å². The van der Waals surface area contributed by atoms with E-state index in [9.17, 15) is 0 Å². The predicted molar refractivity (Wildman–Crippen MR) is 93.6 cm³/mol. The summed E-state index contributed by atoms with van der Waals surface area (Å²) in [6, 6.07) is 9.44. The average molecular weight is 290 g/mol. The molecule has 120 valence electrons. The van der Waals surface area contributed by atoms with Gasteiger partial charge in [0.15, 0.2) is 0 Å². The van der Waals surface area contributed by atoms with Gasteiger partial charge in [-0.25, -0.2) is 0 Å². The Hall–Kier alpha value is -0.860. The van der Waals surface area contributed by atoms with Gasteiger partial charge < -0.3 is 5.73 Å². The lowest BCUT2D eigenvalue weighted by Gasteiger charge is -2.31. The van der Waals surface area contributed by atoms with Crippen molar-refractivity contribution in [3.05, 3.63) is 35.4 Å². The molecule has 0 aromatic heterocycles. The number of nitrogens with zero attached hydrogens (tertiary/aromatic N) is 1. The fourth-order valence-corrected chi connectivity index (χ4v) is 2.55. The predicted octanol–water partition coefficient (Wildman–Crippen LogP) is 4.35. The lowest BCUT2D eigenvalue weighted by atomic mass is 9.86. The standard InChI is InChI=1S/C19H34N2/c1-14(2)12-21(15(3)4)13-18(20)16-8-10-17(11-9-16)19(5,6)7/h8-11,14-15,18H,12-13,20H2,1-7H3. The molecule has 1 rings (SSSR count). The lowest BCUT2D eigenvalue weighted by molar-refractivity contribution is 0.186. The van der Waals surface area contributed by atoms with Crippen molar-refractivity contribution in [2.45, 2.75) is 66.0 Å². The molecule has 1 aromatic rings. The number of hydrogen-bond donors (Lipinski definition) is 1. The van der Waals surface area contributed by atoms with Gasteiger partial charge in [0.25, 0.3) is 0 Å². The molecular weight excluding hydrogens is 256 g/mol. The first-order valence-corrected chi connectivity index (χ1v) is 8.21. The molecule has 1 aromatic carbocycles. The SMILES string of the molecule is CC(C)CN(CC(N)c1ccc(C(C)(C)C)cc1)C(C)C. The Bertz CT molecular complexity index is 412. The molecule has 2 N–H and O–H groups in total. The van der Waals surface area contributed by atoms with Gasteiger partial charge in [0.05, 0.1) is 0 Å². The molecule has 21 heavy (non-hydrogen) atoms. The summed E-state index contributed by atoms with van der Waals surface area (Å²) >= 11 is 0. The molecule has 0 saturated heterocycles. The van der Waals surface area contributed by atoms with Crippen LogP contribution in [0.25, 0.3) is 0 Å². The monoisotopic (exact) mass is 290 g/mol. The summed E-state index contributed by atoms with van der Waals surface area (Å²) in [5.41, 5.74) is 9.22. The van der Waals surface area contributed by atoms with Crippen LogP contribution in [0, 0.1) is 5.92 Å². The molecule has 0 aliphatic rings. The highest BCUT2D eigenvalue weighted by atomic mass is 15.2. The van der Waals surface area contributed by atoms with Crippen LogP contribution in [0.3, 0.4) is 0 Å². The molecule has 0 aliphatic heterocycles. The van der Waals surface area contributed by atoms with Crippen LogP contribution in [0.5, 0.6) is 0 Å². The van der Waals surface area contributed by atoms with Crippen LogP contribution in [-0.4, -0.2) is 24.0 Å². The van der Waals surface area contributed by atoms with E-state index in [0.29, 0.717) is 12.0 Å². The van der Waals surface area contributed by atoms with E-state index in [1.54, 1.807) is 0 Å². The highest BCUT2D eigenvalue weighted by Crippen LogP contribution is 2.24. The van der Waals surface area contributed by atoms with Gasteiger partial charge in [-0.1, -0.05) is 58.9 Å². The van der Waals surface area contributed by atoms with E-state index in [2.05, 4.69) is 77.6 Å². The Balaban J connectivity index is 2.76. The zero-order valence-corrected chi connectivity index (χ0v) is 15.0. The summed E-state index contributed by atoms with van der Waals surface area (Å²) in [4.78, 5) is 2.48. The third kappa shape index (κ3) is 5.80. The molecule has 0 fully saturated rings. The third-order valence-electron chi connectivity index (χ3n) is 3.97. The summed E-state index contributed by atoms with van der Waals surface area (Å²) in [5.74, 6) is 0.669.